The molecule has 0 aliphatic rings. The molecular formula is C12H10ClN3O2S. The highest BCUT2D eigenvalue weighted by molar-refractivity contribution is 7.99. The molecule has 0 aliphatic heterocycles. The number of halogens is 1. The van der Waals surface area contributed by atoms with Gasteiger partial charge in [0.1, 0.15) is 16.5 Å². The number of rotatable bonds is 4. The number of hydrogen-bond donors (Lipinski definition) is 0. The molecule has 0 atom stereocenters. The normalized spacial score (nSPS) is 10.4. The van der Waals surface area contributed by atoms with Crippen LogP contribution in [0.3, 0.4) is 0 Å². The molecule has 2 aromatic rings. The molecule has 0 saturated heterocycles. The fraction of sp³-hybridized carbons (Fsp3) is 0.167. The van der Waals surface area contributed by atoms with E-state index in [9.17, 15) is 10.1 Å². The maximum Gasteiger partial charge on any atom is 0.269 e. The number of nitro benzene ring substituents is 1. The maximum absolute atomic E-state index is 10.6. The first-order chi connectivity index (χ1) is 9.11. The van der Waals surface area contributed by atoms with Crippen molar-refractivity contribution in [2.45, 2.75) is 23.3 Å². The van der Waals surface area contributed by atoms with Gasteiger partial charge in [-0.05, 0) is 18.6 Å². The summed E-state index contributed by atoms with van der Waals surface area (Å²) in [6, 6.07) is 6.32. The van der Waals surface area contributed by atoms with Gasteiger partial charge in [0.05, 0.1) is 4.92 Å². The summed E-state index contributed by atoms with van der Waals surface area (Å²) in [5, 5.41) is 11.8. The van der Waals surface area contributed by atoms with Crippen LogP contribution in [-0.2, 0) is 6.42 Å². The highest BCUT2D eigenvalue weighted by Gasteiger charge is 2.10. The van der Waals surface area contributed by atoms with Crippen LogP contribution in [0, 0.1) is 10.1 Å². The SMILES string of the molecule is CCc1c(Cl)ncnc1Sc1ccc([N+](=O)[O-])cc1. The average Bonchev–Trinajstić information content (AvgIpc) is 2.39. The van der Waals surface area contributed by atoms with Crippen molar-refractivity contribution in [3.05, 3.63) is 51.4 Å². The second-order valence-corrected chi connectivity index (χ2v) is 5.08. The van der Waals surface area contributed by atoms with Crippen LogP contribution in [-0.4, -0.2) is 14.9 Å². The first kappa shape index (κ1) is 13.8. The molecule has 0 spiro atoms. The minimum Gasteiger partial charge on any atom is -0.258 e. The summed E-state index contributed by atoms with van der Waals surface area (Å²) in [6.45, 7) is 1.98. The highest BCUT2D eigenvalue weighted by Crippen LogP contribution is 2.32. The lowest BCUT2D eigenvalue weighted by Crippen LogP contribution is -1.93. The van der Waals surface area contributed by atoms with E-state index >= 15 is 0 Å². The lowest BCUT2D eigenvalue weighted by molar-refractivity contribution is -0.384. The third kappa shape index (κ3) is 3.21. The van der Waals surface area contributed by atoms with Gasteiger partial charge in [0, 0.05) is 22.6 Å². The third-order valence-electron chi connectivity index (χ3n) is 2.47. The molecule has 2 rings (SSSR count). The molecule has 5 nitrogen and oxygen atoms in total. The fourth-order valence-electron chi connectivity index (χ4n) is 1.51. The van der Waals surface area contributed by atoms with Gasteiger partial charge < -0.3 is 0 Å². The zero-order valence-electron chi connectivity index (χ0n) is 10.0. The van der Waals surface area contributed by atoms with Crippen molar-refractivity contribution in [1.82, 2.24) is 9.97 Å². The van der Waals surface area contributed by atoms with E-state index in [4.69, 9.17) is 11.6 Å². The molecule has 0 fully saturated rings. The molecular weight excluding hydrogens is 286 g/mol. The van der Waals surface area contributed by atoms with E-state index in [1.54, 1.807) is 12.1 Å². The molecule has 1 heterocycles. The van der Waals surface area contributed by atoms with Crippen molar-refractivity contribution in [2.24, 2.45) is 0 Å². The number of non-ortho nitro benzene ring substituents is 1. The van der Waals surface area contributed by atoms with Crippen LogP contribution in [0.15, 0.2) is 40.5 Å². The monoisotopic (exact) mass is 295 g/mol. The largest absolute Gasteiger partial charge is 0.269 e. The second kappa shape index (κ2) is 5.99. The van der Waals surface area contributed by atoms with Crippen molar-refractivity contribution in [2.75, 3.05) is 0 Å². The predicted molar refractivity (Wildman–Crippen MR) is 73.6 cm³/mol. The van der Waals surface area contributed by atoms with Crippen molar-refractivity contribution < 1.29 is 4.92 Å². The van der Waals surface area contributed by atoms with Crippen LogP contribution in [0.1, 0.15) is 12.5 Å². The van der Waals surface area contributed by atoms with Gasteiger partial charge in [0.2, 0.25) is 0 Å². The van der Waals surface area contributed by atoms with Crippen LogP contribution >= 0.6 is 23.4 Å². The predicted octanol–water partition coefficient (Wildman–Crippen LogP) is 3.75. The van der Waals surface area contributed by atoms with E-state index in [1.165, 1.54) is 30.2 Å². The van der Waals surface area contributed by atoms with E-state index in [1.807, 2.05) is 6.92 Å². The van der Waals surface area contributed by atoms with E-state index < -0.39 is 4.92 Å². The van der Waals surface area contributed by atoms with Gasteiger partial charge in [-0.15, -0.1) is 0 Å². The summed E-state index contributed by atoms with van der Waals surface area (Å²) in [7, 11) is 0. The number of hydrogen-bond acceptors (Lipinski definition) is 5. The summed E-state index contributed by atoms with van der Waals surface area (Å²) in [4.78, 5) is 19.2. The topological polar surface area (TPSA) is 68.9 Å². The number of nitrogens with zero attached hydrogens (tertiary/aromatic N) is 3. The first-order valence-electron chi connectivity index (χ1n) is 5.53. The van der Waals surface area contributed by atoms with Crippen LogP contribution < -0.4 is 0 Å². The number of benzene rings is 1. The van der Waals surface area contributed by atoms with E-state index in [-0.39, 0.29) is 5.69 Å². The van der Waals surface area contributed by atoms with Gasteiger partial charge in [0.25, 0.3) is 5.69 Å². The Morgan fingerprint density at radius 1 is 1.32 bits per heavy atom. The summed E-state index contributed by atoms with van der Waals surface area (Å²) < 4.78 is 0. The van der Waals surface area contributed by atoms with Crippen LogP contribution in [0.5, 0.6) is 0 Å². The van der Waals surface area contributed by atoms with Crippen LogP contribution in [0.4, 0.5) is 5.69 Å². The Bertz CT molecular complexity index is 604. The molecule has 1 aromatic carbocycles. The van der Waals surface area contributed by atoms with Gasteiger partial charge in [-0.3, -0.25) is 10.1 Å². The van der Waals surface area contributed by atoms with Gasteiger partial charge in [0.15, 0.2) is 0 Å². The lowest BCUT2D eigenvalue weighted by Gasteiger charge is -2.06. The zero-order valence-corrected chi connectivity index (χ0v) is 11.6. The number of aromatic nitrogens is 2. The Hall–Kier alpha value is -1.66. The summed E-state index contributed by atoms with van der Waals surface area (Å²) in [5.41, 5.74) is 0.952. The Kier molecular flexibility index (Phi) is 4.34. The molecule has 0 N–H and O–H groups in total. The van der Waals surface area contributed by atoms with Crippen molar-refractivity contribution >= 4 is 29.1 Å². The van der Waals surface area contributed by atoms with Gasteiger partial charge in [-0.1, -0.05) is 30.3 Å². The Morgan fingerprint density at radius 3 is 2.58 bits per heavy atom. The molecule has 7 heteroatoms. The molecule has 0 bridgehead atoms. The second-order valence-electron chi connectivity index (χ2n) is 3.65. The zero-order chi connectivity index (χ0) is 13.8. The molecule has 98 valence electrons. The van der Waals surface area contributed by atoms with Gasteiger partial charge in [-0.2, -0.15) is 0 Å². The van der Waals surface area contributed by atoms with Gasteiger partial charge in [-0.25, -0.2) is 9.97 Å². The minimum atomic E-state index is -0.423. The van der Waals surface area contributed by atoms with E-state index in [2.05, 4.69) is 9.97 Å². The van der Waals surface area contributed by atoms with Crippen LogP contribution in [0.25, 0.3) is 0 Å². The van der Waals surface area contributed by atoms with Crippen molar-refractivity contribution in [3.8, 4) is 0 Å². The average molecular weight is 296 g/mol. The number of nitro groups is 1. The molecule has 0 radical (unpaired) electrons. The third-order valence-corrected chi connectivity index (χ3v) is 3.85. The Labute approximate surface area is 119 Å². The summed E-state index contributed by atoms with van der Waals surface area (Å²) in [6.07, 6.45) is 2.14. The smallest absolute Gasteiger partial charge is 0.258 e. The molecule has 0 amide bonds. The standard InChI is InChI=1S/C12H10ClN3O2S/c1-2-10-11(13)14-7-15-12(10)19-9-5-3-8(4-6-9)16(17)18/h3-7H,2H2,1H3. The lowest BCUT2D eigenvalue weighted by atomic mass is 10.3. The van der Waals surface area contributed by atoms with Gasteiger partial charge >= 0.3 is 0 Å². The maximum atomic E-state index is 10.6. The minimum absolute atomic E-state index is 0.0702. The molecule has 0 saturated carbocycles. The molecule has 0 aliphatic carbocycles. The Morgan fingerprint density at radius 2 is 2.00 bits per heavy atom. The molecule has 1 aromatic heterocycles. The molecule has 0 unspecified atom stereocenters. The quantitative estimate of drug-likeness (QED) is 0.488. The van der Waals surface area contributed by atoms with Crippen molar-refractivity contribution in [1.29, 1.82) is 0 Å². The van der Waals surface area contributed by atoms with Crippen LogP contribution in [0.2, 0.25) is 5.15 Å². The first-order valence-corrected chi connectivity index (χ1v) is 6.73. The fourth-order valence-corrected chi connectivity index (χ4v) is 2.79. The summed E-state index contributed by atoms with van der Waals surface area (Å²) in [5.74, 6) is 0. The molecule has 19 heavy (non-hydrogen) atoms. The highest BCUT2D eigenvalue weighted by atomic mass is 35.5. The summed E-state index contributed by atoms with van der Waals surface area (Å²) >= 11 is 7.42. The Balaban J connectivity index is 2.26. The van der Waals surface area contributed by atoms with E-state index in [0.717, 1.165) is 21.9 Å². The van der Waals surface area contributed by atoms with Crippen molar-refractivity contribution in [3.63, 3.8) is 0 Å². The van der Waals surface area contributed by atoms with E-state index in [0.29, 0.717) is 5.15 Å².